The Labute approximate surface area is 120 Å². The number of carbonyl (C=O) groups excluding carboxylic acids is 1. The molecule has 0 aliphatic rings. The van der Waals surface area contributed by atoms with E-state index in [9.17, 15) is 4.79 Å². The van der Waals surface area contributed by atoms with Crippen LogP contribution in [0.4, 0.5) is 0 Å². The predicted octanol–water partition coefficient (Wildman–Crippen LogP) is 2.35. The van der Waals surface area contributed by atoms with Gasteiger partial charge in [0.1, 0.15) is 17.9 Å². The van der Waals surface area contributed by atoms with Crippen LogP contribution in [0.25, 0.3) is 11.2 Å². The Bertz CT molecular complexity index is 609. The molecule has 0 aromatic carbocycles. The summed E-state index contributed by atoms with van der Waals surface area (Å²) in [6.07, 6.45) is 1.53. The van der Waals surface area contributed by atoms with Gasteiger partial charge in [-0.25, -0.2) is 9.97 Å². The Hall–Kier alpha value is -1.33. The monoisotopic (exact) mass is 300 g/mol. The SMILES string of the molecule is CC(C)NC(=O)Cn1c(CCl)nc2cc(Cl)cnc21. The van der Waals surface area contributed by atoms with Gasteiger partial charge < -0.3 is 9.88 Å². The second-order valence-electron chi connectivity index (χ2n) is 4.47. The fourth-order valence-corrected chi connectivity index (χ4v) is 2.17. The predicted molar refractivity (Wildman–Crippen MR) is 75.4 cm³/mol. The number of rotatable bonds is 4. The normalized spacial score (nSPS) is 11.2. The molecule has 7 heteroatoms. The number of alkyl halides is 1. The summed E-state index contributed by atoms with van der Waals surface area (Å²) in [4.78, 5) is 20.4. The highest BCUT2D eigenvalue weighted by Crippen LogP contribution is 2.19. The molecule has 1 amide bonds. The molecule has 0 bridgehead atoms. The number of pyridine rings is 1. The molecule has 2 rings (SSSR count). The van der Waals surface area contributed by atoms with Gasteiger partial charge in [-0.2, -0.15) is 0 Å². The molecule has 0 spiro atoms. The van der Waals surface area contributed by atoms with Crippen molar-refractivity contribution in [2.75, 3.05) is 0 Å². The first-order chi connectivity index (χ1) is 9.01. The largest absolute Gasteiger partial charge is 0.352 e. The van der Waals surface area contributed by atoms with Crippen LogP contribution < -0.4 is 5.32 Å². The lowest BCUT2D eigenvalue weighted by molar-refractivity contribution is -0.122. The van der Waals surface area contributed by atoms with Gasteiger partial charge in [-0.3, -0.25) is 4.79 Å². The molecule has 2 heterocycles. The van der Waals surface area contributed by atoms with E-state index in [0.717, 1.165) is 0 Å². The zero-order chi connectivity index (χ0) is 14.0. The lowest BCUT2D eigenvalue weighted by Gasteiger charge is -2.10. The number of nitrogens with zero attached hydrogens (tertiary/aromatic N) is 3. The van der Waals surface area contributed by atoms with E-state index in [0.29, 0.717) is 22.0 Å². The van der Waals surface area contributed by atoms with E-state index in [4.69, 9.17) is 23.2 Å². The molecular formula is C12H14Cl2N4O. The summed E-state index contributed by atoms with van der Waals surface area (Å²) >= 11 is 11.7. The van der Waals surface area contributed by atoms with Crippen LogP contribution in [0.5, 0.6) is 0 Å². The van der Waals surface area contributed by atoms with Crippen molar-refractivity contribution in [1.82, 2.24) is 19.9 Å². The van der Waals surface area contributed by atoms with Crippen molar-refractivity contribution in [1.29, 1.82) is 0 Å². The number of hydrogen-bond donors (Lipinski definition) is 1. The average Bonchev–Trinajstić information content (AvgIpc) is 2.65. The molecule has 102 valence electrons. The minimum Gasteiger partial charge on any atom is -0.352 e. The minimum atomic E-state index is -0.0996. The maximum atomic E-state index is 11.8. The zero-order valence-electron chi connectivity index (χ0n) is 10.7. The molecule has 0 aliphatic heterocycles. The third kappa shape index (κ3) is 3.16. The van der Waals surface area contributed by atoms with Crippen LogP contribution in [0.1, 0.15) is 19.7 Å². The summed E-state index contributed by atoms with van der Waals surface area (Å²) < 4.78 is 1.70. The van der Waals surface area contributed by atoms with Crippen molar-refractivity contribution in [3.05, 3.63) is 23.1 Å². The van der Waals surface area contributed by atoms with E-state index in [1.54, 1.807) is 10.6 Å². The van der Waals surface area contributed by atoms with E-state index in [1.165, 1.54) is 6.20 Å². The highest BCUT2D eigenvalue weighted by atomic mass is 35.5. The van der Waals surface area contributed by atoms with Crippen LogP contribution in [0.15, 0.2) is 12.3 Å². The Morgan fingerprint density at radius 3 is 2.89 bits per heavy atom. The van der Waals surface area contributed by atoms with Crippen LogP contribution in [-0.2, 0) is 17.2 Å². The standard InChI is InChI=1S/C12H14Cl2N4O/c1-7(2)16-11(19)6-18-10(4-13)17-9-3-8(14)5-15-12(9)18/h3,5,7H,4,6H2,1-2H3,(H,16,19). The minimum absolute atomic E-state index is 0.0872. The second-order valence-corrected chi connectivity index (χ2v) is 5.17. The first-order valence-corrected chi connectivity index (χ1v) is 6.78. The third-order valence-electron chi connectivity index (χ3n) is 2.50. The van der Waals surface area contributed by atoms with Crippen molar-refractivity contribution in [2.45, 2.75) is 32.3 Å². The van der Waals surface area contributed by atoms with Crippen LogP contribution >= 0.6 is 23.2 Å². The first kappa shape index (κ1) is 14.1. The van der Waals surface area contributed by atoms with Gasteiger partial charge in [0.2, 0.25) is 5.91 Å². The van der Waals surface area contributed by atoms with Crippen molar-refractivity contribution in [3.8, 4) is 0 Å². The van der Waals surface area contributed by atoms with Crippen LogP contribution in [0, 0.1) is 0 Å². The fraction of sp³-hybridized carbons (Fsp3) is 0.417. The van der Waals surface area contributed by atoms with Gasteiger partial charge in [0, 0.05) is 12.2 Å². The molecule has 19 heavy (non-hydrogen) atoms. The summed E-state index contributed by atoms with van der Waals surface area (Å²) in [7, 11) is 0. The highest BCUT2D eigenvalue weighted by molar-refractivity contribution is 6.31. The summed E-state index contributed by atoms with van der Waals surface area (Å²) in [5.41, 5.74) is 1.25. The number of nitrogens with one attached hydrogen (secondary N) is 1. The second kappa shape index (κ2) is 5.75. The lowest BCUT2D eigenvalue weighted by atomic mass is 10.4. The molecule has 0 saturated carbocycles. The summed E-state index contributed by atoms with van der Waals surface area (Å²) in [5, 5.41) is 3.33. The van der Waals surface area contributed by atoms with Gasteiger partial charge in [-0.1, -0.05) is 11.6 Å². The van der Waals surface area contributed by atoms with Crippen LogP contribution in [-0.4, -0.2) is 26.5 Å². The molecular weight excluding hydrogens is 287 g/mol. The van der Waals surface area contributed by atoms with Gasteiger partial charge >= 0.3 is 0 Å². The van der Waals surface area contributed by atoms with E-state index in [2.05, 4.69) is 15.3 Å². The lowest BCUT2D eigenvalue weighted by Crippen LogP contribution is -2.33. The van der Waals surface area contributed by atoms with E-state index < -0.39 is 0 Å². The summed E-state index contributed by atoms with van der Waals surface area (Å²) in [6, 6.07) is 1.79. The zero-order valence-corrected chi connectivity index (χ0v) is 12.2. The molecule has 2 aromatic rings. The molecule has 5 nitrogen and oxygen atoms in total. The number of amides is 1. The Balaban J connectivity index is 2.38. The maximum Gasteiger partial charge on any atom is 0.240 e. The van der Waals surface area contributed by atoms with Gasteiger partial charge in [0.05, 0.1) is 10.9 Å². The van der Waals surface area contributed by atoms with Gasteiger partial charge in [-0.15, -0.1) is 11.6 Å². The molecule has 0 radical (unpaired) electrons. The van der Waals surface area contributed by atoms with Crippen molar-refractivity contribution >= 4 is 40.3 Å². The third-order valence-corrected chi connectivity index (χ3v) is 2.95. The molecule has 0 unspecified atom stereocenters. The maximum absolute atomic E-state index is 11.8. The number of carbonyl (C=O) groups is 1. The van der Waals surface area contributed by atoms with Crippen LogP contribution in [0.3, 0.4) is 0 Å². The van der Waals surface area contributed by atoms with Crippen molar-refractivity contribution < 1.29 is 4.79 Å². The average molecular weight is 301 g/mol. The van der Waals surface area contributed by atoms with E-state index in [1.807, 2.05) is 13.8 Å². The Kier molecular flexibility index (Phi) is 4.27. The number of hydrogen-bond acceptors (Lipinski definition) is 3. The molecule has 0 saturated heterocycles. The molecule has 0 atom stereocenters. The summed E-state index contributed by atoms with van der Waals surface area (Å²) in [5.74, 6) is 0.714. The smallest absolute Gasteiger partial charge is 0.240 e. The summed E-state index contributed by atoms with van der Waals surface area (Å²) in [6.45, 7) is 3.96. The first-order valence-electron chi connectivity index (χ1n) is 5.87. The van der Waals surface area contributed by atoms with E-state index in [-0.39, 0.29) is 24.4 Å². The van der Waals surface area contributed by atoms with Crippen molar-refractivity contribution in [3.63, 3.8) is 0 Å². The Morgan fingerprint density at radius 1 is 1.53 bits per heavy atom. The number of fused-ring (bicyclic) bond motifs is 1. The number of imidazole rings is 1. The highest BCUT2D eigenvalue weighted by Gasteiger charge is 2.14. The Morgan fingerprint density at radius 2 is 2.26 bits per heavy atom. The molecule has 2 aromatic heterocycles. The fourth-order valence-electron chi connectivity index (χ4n) is 1.81. The van der Waals surface area contributed by atoms with Gasteiger partial charge in [-0.05, 0) is 19.9 Å². The van der Waals surface area contributed by atoms with Crippen LogP contribution in [0.2, 0.25) is 5.02 Å². The van der Waals surface area contributed by atoms with E-state index >= 15 is 0 Å². The molecule has 0 fully saturated rings. The molecule has 0 aliphatic carbocycles. The topological polar surface area (TPSA) is 59.8 Å². The number of halogens is 2. The van der Waals surface area contributed by atoms with Gasteiger partial charge in [0.15, 0.2) is 5.65 Å². The van der Waals surface area contributed by atoms with Crippen molar-refractivity contribution in [2.24, 2.45) is 0 Å². The number of aromatic nitrogens is 3. The quantitative estimate of drug-likeness (QED) is 0.882. The molecule has 1 N–H and O–H groups in total. The van der Waals surface area contributed by atoms with Gasteiger partial charge in [0.25, 0.3) is 0 Å².